The lowest BCUT2D eigenvalue weighted by atomic mass is 10.0. The predicted octanol–water partition coefficient (Wildman–Crippen LogP) is 2.25. The number of fused-ring (bicyclic) bond motifs is 1. The smallest absolute Gasteiger partial charge is 0.330 e. The molecule has 0 saturated carbocycles. The summed E-state index contributed by atoms with van der Waals surface area (Å²) in [7, 11) is 0. The normalized spacial score (nSPS) is 13.0. The van der Waals surface area contributed by atoms with E-state index >= 15 is 0 Å². The third kappa shape index (κ3) is 4.43. The molecule has 0 atom stereocenters. The molecular formula is C24H25F2N5O3. The third-order valence-corrected chi connectivity index (χ3v) is 5.91. The van der Waals surface area contributed by atoms with Gasteiger partial charge in [-0.15, -0.1) is 0 Å². The van der Waals surface area contributed by atoms with Gasteiger partial charge in [-0.05, 0) is 37.0 Å². The van der Waals surface area contributed by atoms with Crippen LogP contribution >= 0.6 is 0 Å². The number of carbonyl (C=O) groups is 1. The molecule has 1 aliphatic heterocycles. The monoisotopic (exact) mass is 469 g/mol. The van der Waals surface area contributed by atoms with E-state index in [9.17, 15) is 23.2 Å². The molecule has 2 heterocycles. The van der Waals surface area contributed by atoms with E-state index in [0.717, 1.165) is 11.6 Å². The summed E-state index contributed by atoms with van der Waals surface area (Å²) in [6, 6.07) is 11.1. The highest BCUT2D eigenvalue weighted by Crippen LogP contribution is 2.31. The number of nitrogens with one attached hydrogen (secondary N) is 1. The van der Waals surface area contributed by atoms with Crippen LogP contribution in [0, 0.1) is 11.6 Å². The van der Waals surface area contributed by atoms with Gasteiger partial charge >= 0.3 is 5.69 Å². The molecule has 0 aliphatic carbocycles. The summed E-state index contributed by atoms with van der Waals surface area (Å²) in [5.41, 5.74) is 6.09. The number of aromatic amines is 1. The van der Waals surface area contributed by atoms with Crippen LogP contribution in [0.2, 0.25) is 0 Å². The molecule has 1 aliphatic rings. The Morgan fingerprint density at radius 2 is 1.91 bits per heavy atom. The van der Waals surface area contributed by atoms with Gasteiger partial charge in [0.1, 0.15) is 17.5 Å². The van der Waals surface area contributed by atoms with Crippen molar-refractivity contribution in [2.75, 3.05) is 35.2 Å². The molecule has 0 radical (unpaired) electrons. The maximum atomic E-state index is 14.6. The van der Waals surface area contributed by atoms with E-state index in [1.807, 2.05) is 30.3 Å². The largest absolute Gasteiger partial charge is 0.383 e. The Hall–Kier alpha value is -3.95. The maximum Gasteiger partial charge on any atom is 0.330 e. The molecule has 34 heavy (non-hydrogen) atoms. The molecule has 0 bridgehead atoms. The minimum absolute atomic E-state index is 0.0995. The van der Waals surface area contributed by atoms with Gasteiger partial charge < -0.3 is 15.5 Å². The van der Waals surface area contributed by atoms with E-state index < -0.39 is 28.8 Å². The van der Waals surface area contributed by atoms with Crippen LogP contribution < -0.4 is 26.8 Å². The number of rotatable bonds is 6. The highest BCUT2D eigenvalue weighted by Gasteiger charge is 2.28. The van der Waals surface area contributed by atoms with Crippen molar-refractivity contribution in [1.82, 2.24) is 9.55 Å². The first-order chi connectivity index (χ1) is 16.3. The van der Waals surface area contributed by atoms with Crippen LogP contribution in [0.15, 0.2) is 52.1 Å². The number of nitrogen functional groups attached to an aromatic ring is 1. The fraction of sp³-hybridized carbons (Fsp3) is 0.292. The summed E-state index contributed by atoms with van der Waals surface area (Å²) in [5, 5.41) is 0. The average Bonchev–Trinajstić information content (AvgIpc) is 2.79. The Labute approximate surface area is 194 Å². The Kier molecular flexibility index (Phi) is 6.49. The lowest BCUT2D eigenvalue weighted by Crippen LogP contribution is -2.46. The number of likely N-dealkylation sites (N-methyl/N-ethyl adjacent to an activating group) is 1. The van der Waals surface area contributed by atoms with E-state index in [-0.39, 0.29) is 36.8 Å². The van der Waals surface area contributed by atoms with Crippen molar-refractivity contribution >= 4 is 23.1 Å². The number of anilines is 3. The summed E-state index contributed by atoms with van der Waals surface area (Å²) in [6.07, 6.45) is 1.13. The number of aryl methyl sites for hydroxylation is 1. The molecule has 178 valence electrons. The molecule has 0 spiro atoms. The first-order valence-corrected chi connectivity index (χ1v) is 11.0. The Bertz CT molecular complexity index is 1340. The molecule has 1 amide bonds. The first kappa shape index (κ1) is 23.2. The molecule has 0 fully saturated rings. The van der Waals surface area contributed by atoms with E-state index in [1.54, 1.807) is 11.8 Å². The summed E-state index contributed by atoms with van der Waals surface area (Å²) in [5.74, 6) is -2.04. The molecule has 8 nitrogen and oxygen atoms in total. The van der Waals surface area contributed by atoms with Gasteiger partial charge in [-0.3, -0.25) is 19.1 Å². The van der Waals surface area contributed by atoms with E-state index in [1.165, 1.54) is 15.5 Å². The lowest BCUT2D eigenvalue weighted by molar-refractivity contribution is -0.117. The van der Waals surface area contributed by atoms with Crippen LogP contribution in [0.25, 0.3) is 0 Å². The van der Waals surface area contributed by atoms with Crippen molar-refractivity contribution < 1.29 is 13.6 Å². The maximum absolute atomic E-state index is 14.6. The van der Waals surface area contributed by atoms with Crippen molar-refractivity contribution in [3.05, 3.63) is 86.1 Å². The number of H-pyrrole nitrogens is 1. The van der Waals surface area contributed by atoms with Crippen molar-refractivity contribution in [1.29, 1.82) is 0 Å². The number of nitrogens with zero attached hydrogens (tertiary/aromatic N) is 3. The lowest BCUT2D eigenvalue weighted by Gasteiger charge is -2.33. The van der Waals surface area contributed by atoms with Crippen LogP contribution in [0.3, 0.4) is 0 Å². The topological polar surface area (TPSA) is 104 Å². The number of nitrogens with two attached hydrogens (primary N) is 1. The van der Waals surface area contributed by atoms with Crippen LogP contribution in [0.5, 0.6) is 0 Å². The van der Waals surface area contributed by atoms with Gasteiger partial charge in [-0.1, -0.05) is 30.3 Å². The molecule has 3 aromatic rings. The summed E-state index contributed by atoms with van der Waals surface area (Å²) in [6.45, 7) is 2.04. The van der Waals surface area contributed by atoms with Gasteiger partial charge in [0, 0.05) is 19.2 Å². The van der Waals surface area contributed by atoms with Gasteiger partial charge in [0.2, 0.25) is 5.91 Å². The second kappa shape index (κ2) is 9.50. The standard InChI is InChI=1S/C24H25F2N5O3/c1-2-30(19(32)14-29-10-6-9-16-11-17(25)12-18(26)20(16)29)21-22(27)31(24(34)28-23(21)33)13-15-7-4-3-5-8-15/h3-5,7-8,11-12H,2,6,9-10,13-14,27H2,1H3,(H,28,33,34). The number of aromatic nitrogens is 2. The summed E-state index contributed by atoms with van der Waals surface area (Å²) < 4.78 is 29.4. The molecule has 0 saturated heterocycles. The van der Waals surface area contributed by atoms with Gasteiger partial charge in [-0.2, -0.15) is 0 Å². The summed E-state index contributed by atoms with van der Waals surface area (Å²) in [4.78, 5) is 43.4. The van der Waals surface area contributed by atoms with E-state index in [2.05, 4.69) is 4.98 Å². The zero-order valence-electron chi connectivity index (χ0n) is 18.7. The third-order valence-electron chi connectivity index (χ3n) is 5.91. The number of hydrogen-bond donors (Lipinski definition) is 2. The molecule has 2 aromatic carbocycles. The minimum Gasteiger partial charge on any atom is -0.383 e. The van der Waals surface area contributed by atoms with Crippen molar-refractivity contribution in [2.24, 2.45) is 0 Å². The Morgan fingerprint density at radius 3 is 2.62 bits per heavy atom. The molecule has 3 N–H and O–H groups in total. The Balaban J connectivity index is 1.67. The molecule has 1 aromatic heterocycles. The van der Waals surface area contributed by atoms with Crippen LogP contribution in [0.1, 0.15) is 24.5 Å². The van der Waals surface area contributed by atoms with Crippen LogP contribution in [-0.4, -0.2) is 35.1 Å². The van der Waals surface area contributed by atoms with Gasteiger partial charge in [0.05, 0.1) is 18.8 Å². The molecule has 10 heteroatoms. The SMILES string of the molecule is CCN(C(=O)CN1CCCc2cc(F)cc(F)c21)c1c(N)n(Cc2ccccc2)c(=O)[nH]c1=O. The van der Waals surface area contributed by atoms with E-state index in [0.29, 0.717) is 24.9 Å². The number of halogens is 2. The quantitative estimate of drug-likeness (QED) is 0.576. The highest BCUT2D eigenvalue weighted by molar-refractivity contribution is 5.98. The number of carbonyl (C=O) groups excluding carboxylic acids is 1. The van der Waals surface area contributed by atoms with Gasteiger partial charge in [0.15, 0.2) is 5.69 Å². The number of amides is 1. The first-order valence-electron chi connectivity index (χ1n) is 11.0. The summed E-state index contributed by atoms with van der Waals surface area (Å²) >= 11 is 0. The minimum atomic E-state index is -0.783. The van der Waals surface area contributed by atoms with Crippen molar-refractivity contribution in [3.63, 3.8) is 0 Å². The second-order valence-electron chi connectivity index (χ2n) is 8.12. The predicted molar refractivity (Wildman–Crippen MR) is 126 cm³/mol. The van der Waals surface area contributed by atoms with E-state index in [4.69, 9.17) is 5.73 Å². The second-order valence-corrected chi connectivity index (χ2v) is 8.12. The van der Waals surface area contributed by atoms with Crippen LogP contribution in [0.4, 0.5) is 26.0 Å². The molecule has 0 unspecified atom stereocenters. The highest BCUT2D eigenvalue weighted by atomic mass is 19.1. The van der Waals surface area contributed by atoms with Gasteiger partial charge in [-0.25, -0.2) is 13.6 Å². The Morgan fingerprint density at radius 1 is 1.18 bits per heavy atom. The molecule has 4 rings (SSSR count). The number of benzene rings is 2. The fourth-order valence-electron chi connectivity index (χ4n) is 4.36. The van der Waals surface area contributed by atoms with Crippen LogP contribution in [-0.2, 0) is 17.8 Å². The van der Waals surface area contributed by atoms with Crippen molar-refractivity contribution in [3.8, 4) is 0 Å². The molecular weight excluding hydrogens is 444 g/mol. The zero-order valence-corrected chi connectivity index (χ0v) is 18.7. The number of hydrogen-bond acceptors (Lipinski definition) is 5. The van der Waals surface area contributed by atoms with Gasteiger partial charge in [0.25, 0.3) is 5.56 Å². The zero-order chi connectivity index (χ0) is 24.4. The van der Waals surface area contributed by atoms with Crippen molar-refractivity contribution in [2.45, 2.75) is 26.3 Å². The average molecular weight is 469 g/mol. The fourth-order valence-corrected chi connectivity index (χ4v) is 4.36.